The van der Waals surface area contributed by atoms with Crippen molar-refractivity contribution in [2.75, 3.05) is 13.1 Å². The van der Waals surface area contributed by atoms with E-state index in [2.05, 4.69) is 41.6 Å². The summed E-state index contributed by atoms with van der Waals surface area (Å²) in [5.74, 6) is 0.485. The van der Waals surface area contributed by atoms with Gasteiger partial charge in [-0.25, -0.2) is 0 Å². The molecule has 20 heavy (non-hydrogen) atoms. The molecule has 0 radical (unpaired) electrons. The number of aromatic nitrogens is 2. The third-order valence-corrected chi connectivity index (χ3v) is 3.83. The van der Waals surface area contributed by atoms with E-state index in [0.29, 0.717) is 5.92 Å². The molecule has 1 aromatic carbocycles. The summed E-state index contributed by atoms with van der Waals surface area (Å²) in [5.41, 5.74) is 4.38. The predicted octanol–water partition coefficient (Wildman–Crippen LogP) is 3.14. The van der Waals surface area contributed by atoms with Crippen LogP contribution in [0.3, 0.4) is 0 Å². The van der Waals surface area contributed by atoms with Gasteiger partial charge in [0.15, 0.2) is 0 Å². The molecule has 1 fully saturated rings. The number of nitrogens with one attached hydrogen (secondary N) is 1. The van der Waals surface area contributed by atoms with Crippen LogP contribution >= 0.6 is 17.0 Å². The van der Waals surface area contributed by atoms with Gasteiger partial charge in [-0.05, 0) is 38.8 Å². The van der Waals surface area contributed by atoms with Crippen LogP contribution in [0, 0.1) is 6.92 Å². The maximum absolute atomic E-state index is 9.67. The van der Waals surface area contributed by atoms with E-state index in [-0.39, 0.29) is 17.0 Å². The lowest BCUT2D eigenvalue weighted by Crippen LogP contribution is -2.26. The summed E-state index contributed by atoms with van der Waals surface area (Å²) >= 11 is 0. The van der Waals surface area contributed by atoms with Crippen LogP contribution in [0.1, 0.15) is 29.9 Å². The summed E-state index contributed by atoms with van der Waals surface area (Å²) in [6.45, 7) is 4.14. The van der Waals surface area contributed by atoms with E-state index in [1.165, 1.54) is 5.56 Å². The SMILES string of the molecule is Br.Cc1ccc(-c2nn(O)cc2C2CCNCC2)cc1. The first kappa shape index (κ1) is 15.1. The lowest BCUT2D eigenvalue weighted by Gasteiger charge is -2.22. The highest BCUT2D eigenvalue weighted by molar-refractivity contribution is 8.93. The molecule has 0 saturated carbocycles. The van der Waals surface area contributed by atoms with Crippen LogP contribution in [0.2, 0.25) is 0 Å². The molecular weight excluding hydrogens is 318 g/mol. The van der Waals surface area contributed by atoms with E-state index in [1.807, 2.05) is 0 Å². The van der Waals surface area contributed by atoms with Gasteiger partial charge in [0.1, 0.15) is 0 Å². The average Bonchev–Trinajstić information content (AvgIpc) is 2.83. The summed E-state index contributed by atoms with van der Waals surface area (Å²) in [5, 5.41) is 17.3. The summed E-state index contributed by atoms with van der Waals surface area (Å²) in [7, 11) is 0. The van der Waals surface area contributed by atoms with Crippen LogP contribution in [-0.2, 0) is 0 Å². The minimum Gasteiger partial charge on any atom is -0.412 e. The maximum Gasteiger partial charge on any atom is 0.0993 e. The number of nitrogens with zero attached hydrogens (tertiary/aromatic N) is 2. The fraction of sp³-hybridized carbons (Fsp3) is 0.400. The van der Waals surface area contributed by atoms with Gasteiger partial charge in [-0.1, -0.05) is 29.8 Å². The van der Waals surface area contributed by atoms with Gasteiger partial charge >= 0.3 is 0 Å². The second-order valence-corrected chi connectivity index (χ2v) is 5.24. The summed E-state index contributed by atoms with van der Waals surface area (Å²) < 4.78 is 0. The van der Waals surface area contributed by atoms with Gasteiger partial charge < -0.3 is 10.5 Å². The van der Waals surface area contributed by atoms with Crippen LogP contribution in [0.5, 0.6) is 0 Å². The second-order valence-electron chi connectivity index (χ2n) is 5.24. The van der Waals surface area contributed by atoms with Crippen molar-refractivity contribution < 1.29 is 5.21 Å². The second kappa shape index (κ2) is 6.41. The standard InChI is InChI=1S/C15H19N3O.BrH/c1-11-2-4-13(5-3-11)15-14(10-18(19)17-15)12-6-8-16-9-7-12;/h2-5,10,12,16,19H,6-9H2,1H3;1H. The monoisotopic (exact) mass is 337 g/mol. The fourth-order valence-corrected chi connectivity index (χ4v) is 2.74. The number of hydrogen-bond donors (Lipinski definition) is 2. The molecule has 2 N–H and O–H groups in total. The molecule has 0 atom stereocenters. The van der Waals surface area contributed by atoms with Crippen LogP contribution < -0.4 is 5.32 Å². The van der Waals surface area contributed by atoms with Gasteiger partial charge in [0.2, 0.25) is 0 Å². The van der Waals surface area contributed by atoms with Gasteiger partial charge in [0.25, 0.3) is 0 Å². The molecule has 2 aromatic rings. The minimum atomic E-state index is 0. The van der Waals surface area contributed by atoms with Gasteiger partial charge in [0, 0.05) is 11.1 Å². The molecule has 1 saturated heterocycles. The Morgan fingerprint density at radius 2 is 1.85 bits per heavy atom. The molecule has 1 aliphatic heterocycles. The Kier molecular flexibility index (Phi) is 4.83. The number of hydrogen-bond acceptors (Lipinski definition) is 3. The van der Waals surface area contributed by atoms with Crippen LogP contribution in [0.25, 0.3) is 11.3 Å². The van der Waals surface area contributed by atoms with Crippen molar-refractivity contribution in [1.29, 1.82) is 0 Å². The molecule has 1 aromatic heterocycles. The Hall–Kier alpha value is -1.33. The van der Waals surface area contributed by atoms with Crippen molar-refractivity contribution in [1.82, 2.24) is 15.3 Å². The highest BCUT2D eigenvalue weighted by atomic mass is 79.9. The van der Waals surface area contributed by atoms with Gasteiger partial charge in [0.05, 0.1) is 11.9 Å². The van der Waals surface area contributed by atoms with Crippen molar-refractivity contribution >= 4 is 17.0 Å². The summed E-state index contributed by atoms with van der Waals surface area (Å²) in [4.78, 5) is 0.951. The molecule has 4 nitrogen and oxygen atoms in total. The van der Waals surface area contributed by atoms with Crippen LogP contribution in [-0.4, -0.2) is 28.2 Å². The lowest BCUT2D eigenvalue weighted by atomic mass is 9.89. The van der Waals surface area contributed by atoms with Crippen molar-refractivity contribution in [2.45, 2.75) is 25.7 Å². The van der Waals surface area contributed by atoms with Gasteiger partial charge in [-0.3, -0.25) is 0 Å². The average molecular weight is 338 g/mol. The quantitative estimate of drug-likeness (QED) is 0.827. The third kappa shape index (κ3) is 3.04. The zero-order chi connectivity index (χ0) is 13.2. The summed E-state index contributed by atoms with van der Waals surface area (Å²) in [6, 6.07) is 8.31. The molecule has 3 rings (SSSR count). The van der Waals surface area contributed by atoms with Crippen molar-refractivity contribution in [3.05, 3.63) is 41.6 Å². The number of aryl methyl sites for hydroxylation is 1. The Morgan fingerprint density at radius 1 is 1.20 bits per heavy atom. The fourth-order valence-electron chi connectivity index (χ4n) is 2.74. The van der Waals surface area contributed by atoms with E-state index in [1.54, 1.807) is 6.20 Å². The molecular formula is C15H20BrN3O. The molecule has 2 heterocycles. The van der Waals surface area contributed by atoms with Gasteiger partial charge in [-0.2, -0.15) is 0 Å². The number of halogens is 1. The van der Waals surface area contributed by atoms with Crippen LogP contribution in [0.15, 0.2) is 30.5 Å². The molecule has 0 unspecified atom stereocenters. The third-order valence-electron chi connectivity index (χ3n) is 3.83. The minimum absolute atomic E-state index is 0. The van der Waals surface area contributed by atoms with Crippen LogP contribution in [0.4, 0.5) is 0 Å². The molecule has 0 bridgehead atoms. The van der Waals surface area contributed by atoms with Crippen molar-refractivity contribution in [3.63, 3.8) is 0 Å². The Balaban J connectivity index is 0.00000147. The van der Waals surface area contributed by atoms with E-state index in [4.69, 9.17) is 0 Å². The largest absolute Gasteiger partial charge is 0.412 e. The predicted molar refractivity (Wildman–Crippen MR) is 84.8 cm³/mol. The molecule has 0 amide bonds. The van der Waals surface area contributed by atoms with Gasteiger partial charge in [-0.15, -0.1) is 26.9 Å². The lowest BCUT2D eigenvalue weighted by molar-refractivity contribution is 0.149. The number of rotatable bonds is 2. The first-order valence-corrected chi connectivity index (χ1v) is 6.80. The van der Waals surface area contributed by atoms with Crippen molar-refractivity contribution in [2.24, 2.45) is 0 Å². The van der Waals surface area contributed by atoms with E-state index < -0.39 is 0 Å². The van der Waals surface area contributed by atoms with E-state index >= 15 is 0 Å². The molecule has 0 aliphatic carbocycles. The first-order valence-electron chi connectivity index (χ1n) is 6.80. The normalized spacial score (nSPS) is 15.8. The number of benzene rings is 1. The highest BCUT2D eigenvalue weighted by Gasteiger charge is 2.22. The zero-order valence-electron chi connectivity index (χ0n) is 11.5. The van der Waals surface area contributed by atoms with E-state index in [9.17, 15) is 5.21 Å². The molecule has 5 heteroatoms. The zero-order valence-corrected chi connectivity index (χ0v) is 13.3. The molecule has 0 spiro atoms. The molecule has 108 valence electrons. The summed E-state index contributed by atoms with van der Waals surface area (Å²) in [6.07, 6.45) is 3.96. The Bertz CT molecular complexity index is 559. The molecule has 1 aliphatic rings. The van der Waals surface area contributed by atoms with Crippen molar-refractivity contribution in [3.8, 4) is 11.3 Å². The number of piperidine rings is 1. The van der Waals surface area contributed by atoms with E-state index in [0.717, 1.165) is 47.6 Å². The Morgan fingerprint density at radius 3 is 2.50 bits per heavy atom. The maximum atomic E-state index is 9.67. The highest BCUT2D eigenvalue weighted by Crippen LogP contribution is 2.33. The Labute approximate surface area is 129 Å². The smallest absolute Gasteiger partial charge is 0.0993 e. The topological polar surface area (TPSA) is 50.1 Å². The first-order chi connectivity index (χ1) is 9.24.